The van der Waals surface area contributed by atoms with Gasteiger partial charge in [-0.2, -0.15) is 0 Å². The average molecular weight is 446 g/mol. The number of likely N-dealkylation sites (tertiary alicyclic amines) is 1. The number of H-pyrrole nitrogens is 1. The van der Waals surface area contributed by atoms with Crippen LogP contribution in [0.1, 0.15) is 22.3 Å². The fourth-order valence-electron chi connectivity index (χ4n) is 4.83. The summed E-state index contributed by atoms with van der Waals surface area (Å²) in [7, 11) is 3.21. The summed E-state index contributed by atoms with van der Waals surface area (Å²) in [6, 6.07) is 15.3. The van der Waals surface area contributed by atoms with Crippen molar-refractivity contribution in [1.29, 1.82) is 0 Å². The van der Waals surface area contributed by atoms with Crippen LogP contribution in [0.5, 0.6) is 5.75 Å². The quantitative estimate of drug-likeness (QED) is 0.466. The highest BCUT2D eigenvalue weighted by atomic mass is 16.5. The van der Waals surface area contributed by atoms with Gasteiger partial charge >= 0.3 is 0 Å². The lowest BCUT2D eigenvalue weighted by Gasteiger charge is -2.48. The molecule has 2 aromatic carbocycles. The van der Waals surface area contributed by atoms with E-state index in [0.717, 1.165) is 27.8 Å². The molecule has 170 valence electrons. The average Bonchev–Trinajstić information content (AvgIpc) is 3.35. The SMILES string of the molecule is COc1ccc(CN2C(=O)[C@H](OC)[C@@H]2C2=CCN(C(=O)c3cccc4[nH]ccc34)CC2)cc1. The van der Waals surface area contributed by atoms with E-state index < -0.39 is 6.10 Å². The van der Waals surface area contributed by atoms with Crippen LogP contribution in [0.25, 0.3) is 10.9 Å². The van der Waals surface area contributed by atoms with Crippen molar-refractivity contribution in [2.45, 2.75) is 25.1 Å². The van der Waals surface area contributed by atoms with Crippen molar-refractivity contribution in [3.8, 4) is 5.75 Å². The second kappa shape index (κ2) is 8.75. The van der Waals surface area contributed by atoms with Crippen molar-refractivity contribution >= 4 is 22.7 Å². The summed E-state index contributed by atoms with van der Waals surface area (Å²) in [6.45, 7) is 1.65. The zero-order valence-corrected chi connectivity index (χ0v) is 18.8. The highest BCUT2D eigenvalue weighted by molar-refractivity contribution is 6.06. The summed E-state index contributed by atoms with van der Waals surface area (Å²) >= 11 is 0. The number of fused-ring (bicyclic) bond motifs is 1. The number of methoxy groups -OCH3 is 2. The zero-order chi connectivity index (χ0) is 22.9. The molecule has 1 fully saturated rings. The number of carbonyl (C=O) groups excluding carboxylic acids is 2. The first-order chi connectivity index (χ1) is 16.1. The summed E-state index contributed by atoms with van der Waals surface area (Å²) in [5.74, 6) is 0.811. The Hall–Kier alpha value is -3.58. The summed E-state index contributed by atoms with van der Waals surface area (Å²) in [5, 5.41) is 0.937. The Morgan fingerprint density at radius 3 is 2.64 bits per heavy atom. The van der Waals surface area contributed by atoms with Crippen molar-refractivity contribution in [2.24, 2.45) is 0 Å². The molecule has 1 aromatic heterocycles. The van der Waals surface area contributed by atoms with E-state index in [2.05, 4.69) is 11.1 Å². The molecular formula is C26H27N3O4. The standard InChI is InChI=1S/C26H27N3O4/c1-32-19-8-6-17(7-9-19)16-29-23(24(33-2)26(29)31)18-11-14-28(15-12-18)25(30)21-4-3-5-22-20(21)10-13-27-22/h3-11,13,23-24,27H,12,14-16H2,1-2H3/t23-,24+/m0/s1. The predicted octanol–water partition coefficient (Wildman–Crippen LogP) is 3.37. The molecule has 0 aliphatic carbocycles. The summed E-state index contributed by atoms with van der Waals surface area (Å²) in [5.41, 5.74) is 3.86. The Balaban J connectivity index is 1.31. The Labute approximate surface area is 192 Å². The molecular weight excluding hydrogens is 418 g/mol. The van der Waals surface area contributed by atoms with Gasteiger partial charge < -0.3 is 24.3 Å². The Kier molecular flexibility index (Phi) is 5.64. The van der Waals surface area contributed by atoms with Gasteiger partial charge in [0.05, 0.1) is 13.2 Å². The van der Waals surface area contributed by atoms with Gasteiger partial charge in [0, 0.05) is 49.4 Å². The number of carbonyl (C=O) groups is 2. The molecule has 1 saturated heterocycles. The molecule has 2 aliphatic heterocycles. The lowest BCUT2D eigenvalue weighted by molar-refractivity contribution is -0.168. The molecule has 0 bridgehead atoms. The number of benzene rings is 2. The maximum absolute atomic E-state index is 13.2. The van der Waals surface area contributed by atoms with Gasteiger partial charge in [0.15, 0.2) is 6.10 Å². The molecule has 5 rings (SSSR count). The number of β-lactam (4-membered cyclic amide) rings is 1. The molecule has 2 aliphatic rings. The van der Waals surface area contributed by atoms with Gasteiger partial charge in [-0.25, -0.2) is 0 Å². The van der Waals surface area contributed by atoms with Crippen molar-refractivity contribution in [3.63, 3.8) is 0 Å². The first-order valence-corrected chi connectivity index (χ1v) is 11.1. The van der Waals surface area contributed by atoms with Gasteiger partial charge in [0.25, 0.3) is 11.8 Å². The maximum Gasteiger partial charge on any atom is 0.255 e. The first-order valence-electron chi connectivity index (χ1n) is 11.1. The summed E-state index contributed by atoms with van der Waals surface area (Å²) < 4.78 is 10.7. The van der Waals surface area contributed by atoms with Crippen LogP contribution in [-0.4, -0.2) is 66.1 Å². The maximum atomic E-state index is 13.2. The molecule has 7 nitrogen and oxygen atoms in total. The summed E-state index contributed by atoms with van der Waals surface area (Å²) in [6.07, 6.45) is 4.19. The smallest absolute Gasteiger partial charge is 0.255 e. The molecule has 0 saturated carbocycles. The third kappa shape index (κ3) is 3.78. The molecule has 3 aromatic rings. The monoisotopic (exact) mass is 445 g/mol. The van der Waals surface area contributed by atoms with Gasteiger partial charge in [-0.05, 0) is 47.9 Å². The predicted molar refractivity (Wildman–Crippen MR) is 125 cm³/mol. The lowest BCUT2D eigenvalue weighted by Crippen LogP contribution is -2.66. The van der Waals surface area contributed by atoms with Gasteiger partial charge in [-0.3, -0.25) is 9.59 Å². The van der Waals surface area contributed by atoms with E-state index >= 15 is 0 Å². The van der Waals surface area contributed by atoms with Crippen LogP contribution in [0.3, 0.4) is 0 Å². The van der Waals surface area contributed by atoms with E-state index in [0.29, 0.717) is 31.6 Å². The molecule has 1 N–H and O–H groups in total. The number of hydrogen-bond acceptors (Lipinski definition) is 4. The zero-order valence-electron chi connectivity index (χ0n) is 18.8. The molecule has 0 spiro atoms. The second-order valence-corrected chi connectivity index (χ2v) is 8.44. The van der Waals surface area contributed by atoms with Crippen LogP contribution in [0.4, 0.5) is 0 Å². The number of nitrogens with one attached hydrogen (secondary N) is 1. The molecule has 0 unspecified atom stereocenters. The summed E-state index contributed by atoms with van der Waals surface area (Å²) in [4.78, 5) is 32.8. The highest BCUT2D eigenvalue weighted by Crippen LogP contribution is 2.34. The number of aromatic nitrogens is 1. The van der Waals surface area contributed by atoms with Crippen LogP contribution in [0, 0.1) is 0 Å². The first kappa shape index (κ1) is 21.3. The van der Waals surface area contributed by atoms with Crippen LogP contribution in [-0.2, 0) is 16.1 Å². The second-order valence-electron chi connectivity index (χ2n) is 8.44. The van der Waals surface area contributed by atoms with Crippen LogP contribution in [0.15, 0.2) is 66.4 Å². The molecule has 3 heterocycles. The van der Waals surface area contributed by atoms with Crippen LogP contribution < -0.4 is 4.74 Å². The van der Waals surface area contributed by atoms with E-state index in [4.69, 9.17) is 9.47 Å². The van der Waals surface area contributed by atoms with Gasteiger partial charge in [0.2, 0.25) is 0 Å². The van der Waals surface area contributed by atoms with Crippen molar-refractivity contribution in [3.05, 3.63) is 77.5 Å². The van der Waals surface area contributed by atoms with Gasteiger partial charge in [0.1, 0.15) is 5.75 Å². The number of rotatable bonds is 6. The topological polar surface area (TPSA) is 74.9 Å². The Bertz CT molecular complexity index is 1210. The van der Waals surface area contributed by atoms with E-state index in [-0.39, 0.29) is 17.9 Å². The van der Waals surface area contributed by atoms with E-state index in [9.17, 15) is 9.59 Å². The number of amides is 2. The van der Waals surface area contributed by atoms with E-state index in [1.165, 1.54) is 0 Å². The minimum atomic E-state index is -0.467. The van der Waals surface area contributed by atoms with Gasteiger partial charge in [-0.1, -0.05) is 24.3 Å². The fourth-order valence-corrected chi connectivity index (χ4v) is 4.83. The van der Waals surface area contributed by atoms with Gasteiger partial charge in [-0.15, -0.1) is 0 Å². The number of hydrogen-bond donors (Lipinski definition) is 1. The lowest BCUT2D eigenvalue weighted by atomic mass is 9.86. The number of nitrogens with zero attached hydrogens (tertiary/aromatic N) is 2. The normalized spacial score (nSPS) is 20.5. The van der Waals surface area contributed by atoms with E-state index in [1.807, 2.05) is 64.5 Å². The van der Waals surface area contributed by atoms with Crippen LogP contribution >= 0.6 is 0 Å². The van der Waals surface area contributed by atoms with E-state index in [1.54, 1.807) is 14.2 Å². The fraction of sp³-hybridized carbons (Fsp3) is 0.308. The Morgan fingerprint density at radius 2 is 1.94 bits per heavy atom. The molecule has 7 heteroatoms. The molecule has 2 atom stereocenters. The van der Waals surface area contributed by atoms with Crippen molar-refractivity contribution in [1.82, 2.24) is 14.8 Å². The molecule has 33 heavy (non-hydrogen) atoms. The molecule has 2 amide bonds. The number of ether oxygens (including phenoxy) is 2. The largest absolute Gasteiger partial charge is 0.497 e. The third-order valence-electron chi connectivity index (χ3n) is 6.65. The Morgan fingerprint density at radius 1 is 1.12 bits per heavy atom. The van der Waals surface area contributed by atoms with Crippen molar-refractivity contribution < 1.29 is 19.1 Å². The van der Waals surface area contributed by atoms with Crippen LogP contribution in [0.2, 0.25) is 0 Å². The van der Waals surface area contributed by atoms with Crippen molar-refractivity contribution in [2.75, 3.05) is 27.3 Å². The highest BCUT2D eigenvalue weighted by Gasteiger charge is 2.49. The molecule has 0 radical (unpaired) electrons. The number of aromatic amines is 1. The minimum absolute atomic E-state index is 0.00291. The minimum Gasteiger partial charge on any atom is -0.497 e. The third-order valence-corrected chi connectivity index (χ3v) is 6.65.